The SMILES string of the molecule is CN=C(NCCCn1cccn1)N(C)Cc1cccc(Cl)c1.I. The minimum Gasteiger partial charge on any atom is -0.356 e. The Morgan fingerprint density at radius 1 is 1.39 bits per heavy atom. The van der Waals surface area contributed by atoms with Gasteiger partial charge >= 0.3 is 0 Å². The van der Waals surface area contributed by atoms with Crippen molar-refractivity contribution in [3.63, 3.8) is 0 Å². The molecule has 1 heterocycles. The van der Waals surface area contributed by atoms with Crippen LogP contribution in [0, 0.1) is 0 Å². The van der Waals surface area contributed by atoms with Gasteiger partial charge in [0.05, 0.1) is 0 Å². The summed E-state index contributed by atoms with van der Waals surface area (Å²) < 4.78 is 1.93. The summed E-state index contributed by atoms with van der Waals surface area (Å²) in [5.74, 6) is 0.875. The van der Waals surface area contributed by atoms with E-state index in [4.69, 9.17) is 11.6 Å². The van der Waals surface area contributed by atoms with Gasteiger partial charge in [0.2, 0.25) is 0 Å². The summed E-state index contributed by atoms with van der Waals surface area (Å²) in [6.45, 7) is 2.51. The molecule has 2 aromatic rings. The summed E-state index contributed by atoms with van der Waals surface area (Å²) in [5.41, 5.74) is 1.16. The predicted octanol–water partition coefficient (Wildman–Crippen LogP) is 3.25. The second kappa shape index (κ2) is 10.5. The Morgan fingerprint density at radius 3 is 2.87 bits per heavy atom. The molecule has 0 bridgehead atoms. The molecule has 0 aliphatic heterocycles. The van der Waals surface area contributed by atoms with Crippen LogP contribution >= 0.6 is 35.6 Å². The van der Waals surface area contributed by atoms with Crippen LogP contribution in [0.5, 0.6) is 0 Å². The molecule has 23 heavy (non-hydrogen) atoms. The van der Waals surface area contributed by atoms with Crippen LogP contribution in [0.25, 0.3) is 0 Å². The van der Waals surface area contributed by atoms with Crippen LogP contribution in [0.2, 0.25) is 5.02 Å². The molecule has 0 spiro atoms. The van der Waals surface area contributed by atoms with Crippen molar-refractivity contribution in [1.82, 2.24) is 20.0 Å². The molecule has 0 aliphatic rings. The summed E-state index contributed by atoms with van der Waals surface area (Å²) in [6, 6.07) is 9.82. The molecule has 0 radical (unpaired) electrons. The zero-order valence-electron chi connectivity index (χ0n) is 13.4. The third kappa shape index (κ3) is 6.78. The largest absolute Gasteiger partial charge is 0.356 e. The van der Waals surface area contributed by atoms with E-state index in [1.807, 2.05) is 42.2 Å². The number of hydrogen-bond acceptors (Lipinski definition) is 2. The summed E-state index contributed by atoms with van der Waals surface area (Å²) in [5, 5.41) is 8.31. The van der Waals surface area contributed by atoms with E-state index < -0.39 is 0 Å². The van der Waals surface area contributed by atoms with Crippen LogP contribution < -0.4 is 5.32 Å². The number of nitrogens with zero attached hydrogens (tertiary/aromatic N) is 4. The number of aliphatic imine (C=N–C) groups is 1. The lowest BCUT2D eigenvalue weighted by molar-refractivity contribution is 0.471. The van der Waals surface area contributed by atoms with Gasteiger partial charge in [0.25, 0.3) is 0 Å². The maximum absolute atomic E-state index is 6.02. The van der Waals surface area contributed by atoms with E-state index in [0.717, 1.165) is 42.6 Å². The number of aryl methyl sites for hydroxylation is 1. The maximum Gasteiger partial charge on any atom is 0.193 e. The maximum atomic E-state index is 6.02. The first kappa shape index (κ1) is 19.8. The van der Waals surface area contributed by atoms with Gasteiger partial charge < -0.3 is 10.2 Å². The van der Waals surface area contributed by atoms with E-state index in [1.165, 1.54) is 0 Å². The van der Waals surface area contributed by atoms with Crippen molar-refractivity contribution in [2.24, 2.45) is 4.99 Å². The van der Waals surface area contributed by atoms with E-state index in [9.17, 15) is 0 Å². The van der Waals surface area contributed by atoms with Crippen LogP contribution in [-0.2, 0) is 13.1 Å². The summed E-state index contributed by atoms with van der Waals surface area (Å²) >= 11 is 6.02. The fraction of sp³-hybridized carbons (Fsp3) is 0.375. The van der Waals surface area contributed by atoms with Gasteiger partial charge in [-0.2, -0.15) is 5.10 Å². The van der Waals surface area contributed by atoms with Crippen molar-refractivity contribution < 1.29 is 0 Å². The average Bonchev–Trinajstić information content (AvgIpc) is 3.00. The Hall–Kier alpha value is -1.28. The third-order valence-corrected chi connectivity index (χ3v) is 3.52. The first-order chi connectivity index (χ1) is 10.7. The standard InChI is InChI=1S/C16H22ClN5.HI/c1-18-16(19-8-4-10-22-11-5-9-20-22)21(2)13-14-6-3-7-15(17)12-14;/h3,5-7,9,11-12H,4,8,10,13H2,1-2H3,(H,18,19);1H. The van der Waals surface area contributed by atoms with Crippen molar-refractivity contribution >= 4 is 41.5 Å². The Labute approximate surface area is 159 Å². The van der Waals surface area contributed by atoms with E-state index in [-0.39, 0.29) is 24.0 Å². The molecule has 1 aromatic carbocycles. The van der Waals surface area contributed by atoms with Gasteiger partial charge in [0.1, 0.15) is 0 Å². The number of rotatable bonds is 6. The summed E-state index contributed by atoms with van der Waals surface area (Å²) in [6.07, 6.45) is 4.76. The molecule has 0 saturated carbocycles. The lowest BCUT2D eigenvalue weighted by Crippen LogP contribution is -2.39. The highest BCUT2D eigenvalue weighted by Gasteiger charge is 2.06. The number of aromatic nitrogens is 2. The molecule has 5 nitrogen and oxygen atoms in total. The Balaban J connectivity index is 0.00000264. The highest BCUT2D eigenvalue weighted by atomic mass is 127. The Bertz CT molecular complexity index is 600. The van der Waals surface area contributed by atoms with E-state index in [2.05, 4.69) is 26.4 Å². The van der Waals surface area contributed by atoms with Crippen molar-refractivity contribution in [2.75, 3.05) is 20.6 Å². The molecule has 0 amide bonds. The molecular weight excluding hydrogens is 425 g/mol. The van der Waals surface area contributed by atoms with E-state index in [0.29, 0.717) is 0 Å². The van der Waals surface area contributed by atoms with Gasteiger partial charge in [-0.05, 0) is 30.2 Å². The fourth-order valence-corrected chi connectivity index (χ4v) is 2.46. The molecule has 0 saturated heterocycles. The first-order valence-electron chi connectivity index (χ1n) is 7.32. The smallest absolute Gasteiger partial charge is 0.193 e. The molecule has 7 heteroatoms. The number of nitrogens with one attached hydrogen (secondary N) is 1. The molecule has 0 unspecified atom stereocenters. The monoisotopic (exact) mass is 447 g/mol. The normalized spacial score (nSPS) is 11.0. The predicted molar refractivity (Wildman–Crippen MR) is 107 cm³/mol. The van der Waals surface area contributed by atoms with Gasteiger partial charge in [-0.3, -0.25) is 9.67 Å². The van der Waals surface area contributed by atoms with Crippen LogP contribution in [0.15, 0.2) is 47.7 Å². The second-order valence-electron chi connectivity index (χ2n) is 5.08. The van der Waals surface area contributed by atoms with Gasteiger partial charge in [-0.15, -0.1) is 24.0 Å². The lowest BCUT2D eigenvalue weighted by atomic mass is 10.2. The number of hydrogen-bond donors (Lipinski definition) is 1. The van der Waals surface area contributed by atoms with Crippen LogP contribution in [0.4, 0.5) is 0 Å². The van der Waals surface area contributed by atoms with Crippen LogP contribution in [0.1, 0.15) is 12.0 Å². The number of halogens is 2. The molecule has 0 fully saturated rings. The molecule has 126 valence electrons. The number of benzene rings is 1. The van der Waals surface area contributed by atoms with Crippen molar-refractivity contribution in [3.05, 3.63) is 53.3 Å². The second-order valence-corrected chi connectivity index (χ2v) is 5.52. The van der Waals surface area contributed by atoms with Crippen molar-refractivity contribution in [2.45, 2.75) is 19.5 Å². The zero-order chi connectivity index (χ0) is 15.8. The topological polar surface area (TPSA) is 45.5 Å². The summed E-state index contributed by atoms with van der Waals surface area (Å²) in [4.78, 5) is 6.40. The molecule has 1 N–H and O–H groups in total. The molecule has 1 aromatic heterocycles. The van der Waals surface area contributed by atoms with Crippen molar-refractivity contribution in [3.8, 4) is 0 Å². The Morgan fingerprint density at radius 2 is 2.22 bits per heavy atom. The quantitative estimate of drug-likeness (QED) is 0.320. The minimum atomic E-state index is 0. The highest BCUT2D eigenvalue weighted by molar-refractivity contribution is 14.0. The highest BCUT2D eigenvalue weighted by Crippen LogP contribution is 2.12. The van der Waals surface area contributed by atoms with Gasteiger partial charge in [-0.1, -0.05) is 23.7 Å². The minimum absolute atomic E-state index is 0. The van der Waals surface area contributed by atoms with Crippen LogP contribution in [0.3, 0.4) is 0 Å². The fourth-order valence-electron chi connectivity index (χ4n) is 2.24. The summed E-state index contributed by atoms with van der Waals surface area (Å²) in [7, 11) is 3.81. The van der Waals surface area contributed by atoms with Crippen LogP contribution in [-0.4, -0.2) is 41.3 Å². The van der Waals surface area contributed by atoms with Gasteiger partial charge in [0, 0.05) is 51.1 Å². The first-order valence-corrected chi connectivity index (χ1v) is 7.70. The zero-order valence-corrected chi connectivity index (χ0v) is 16.5. The lowest BCUT2D eigenvalue weighted by Gasteiger charge is -2.22. The molecule has 0 atom stereocenters. The van der Waals surface area contributed by atoms with Gasteiger partial charge in [-0.25, -0.2) is 0 Å². The average molecular weight is 448 g/mol. The third-order valence-electron chi connectivity index (χ3n) is 3.29. The van der Waals surface area contributed by atoms with Gasteiger partial charge in [0.15, 0.2) is 5.96 Å². The van der Waals surface area contributed by atoms with Crippen molar-refractivity contribution in [1.29, 1.82) is 0 Å². The molecular formula is C16H23ClIN5. The Kier molecular flexibility index (Phi) is 9.01. The number of guanidine groups is 1. The van der Waals surface area contributed by atoms with E-state index in [1.54, 1.807) is 13.2 Å². The van der Waals surface area contributed by atoms with E-state index >= 15 is 0 Å². The molecule has 2 rings (SSSR count). The molecule has 0 aliphatic carbocycles.